The second-order valence-corrected chi connectivity index (χ2v) is 6.88. The molecule has 0 fully saturated rings. The van der Waals surface area contributed by atoms with Crippen LogP contribution < -0.4 is 5.32 Å². The van der Waals surface area contributed by atoms with Crippen LogP contribution in [0.15, 0.2) is 47.1 Å². The van der Waals surface area contributed by atoms with Crippen molar-refractivity contribution < 1.29 is 18.0 Å². The lowest BCUT2D eigenvalue weighted by molar-refractivity contribution is -0.142. The molecule has 1 aromatic carbocycles. The molecule has 0 bridgehead atoms. The van der Waals surface area contributed by atoms with E-state index in [0.717, 1.165) is 15.9 Å². The third-order valence-electron chi connectivity index (χ3n) is 4.04. The second kappa shape index (κ2) is 6.55. The van der Waals surface area contributed by atoms with Gasteiger partial charge in [0.2, 0.25) is 0 Å². The highest BCUT2D eigenvalue weighted by Gasteiger charge is 2.35. The summed E-state index contributed by atoms with van der Waals surface area (Å²) in [5, 5.41) is 7.25. The van der Waals surface area contributed by atoms with Gasteiger partial charge in [-0.15, -0.1) is 0 Å². The minimum absolute atomic E-state index is 0.0590. The SMILES string of the molecule is Cc1cc(C(F)(F)F)n2nc(C(=O)Nc3ccc(Br)c4cccnc34)cc2n1. The molecule has 1 amide bonds. The zero-order chi connectivity index (χ0) is 20.1. The Balaban J connectivity index is 1.76. The fraction of sp³-hybridized carbons (Fsp3) is 0.111. The number of amides is 1. The van der Waals surface area contributed by atoms with E-state index in [2.05, 4.69) is 36.3 Å². The molecule has 0 saturated heterocycles. The predicted octanol–water partition coefficient (Wildman–Crippen LogP) is 4.62. The molecule has 0 aliphatic carbocycles. The van der Waals surface area contributed by atoms with Gasteiger partial charge in [0.05, 0.1) is 11.2 Å². The quantitative estimate of drug-likeness (QED) is 0.484. The van der Waals surface area contributed by atoms with Gasteiger partial charge < -0.3 is 5.32 Å². The fourth-order valence-corrected chi connectivity index (χ4v) is 3.29. The predicted molar refractivity (Wildman–Crippen MR) is 100 cm³/mol. The number of nitrogens with zero attached hydrogens (tertiary/aromatic N) is 4. The Bertz CT molecular complexity index is 1240. The van der Waals surface area contributed by atoms with Crippen molar-refractivity contribution in [2.75, 3.05) is 5.32 Å². The van der Waals surface area contributed by atoms with Crippen LogP contribution >= 0.6 is 15.9 Å². The standard InChI is InChI=1S/C18H11BrF3N5O/c1-9-7-14(18(20,21)22)27-15(24-9)8-13(26-27)17(28)25-12-5-4-11(19)10-3-2-6-23-16(10)12/h2-8H,1H3,(H,25,28). The van der Waals surface area contributed by atoms with Crippen LogP contribution in [-0.2, 0) is 6.18 Å². The largest absolute Gasteiger partial charge is 0.433 e. The molecule has 0 atom stereocenters. The van der Waals surface area contributed by atoms with Crippen LogP contribution in [0.25, 0.3) is 16.6 Å². The topological polar surface area (TPSA) is 72.2 Å². The molecule has 4 rings (SSSR count). The molecule has 10 heteroatoms. The van der Waals surface area contributed by atoms with Gasteiger partial charge in [0, 0.05) is 27.8 Å². The van der Waals surface area contributed by atoms with Crippen molar-refractivity contribution in [2.45, 2.75) is 13.1 Å². The third kappa shape index (κ3) is 3.19. The van der Waals surface area contributed by atoms with Crippen LogP contribution in [0.3, 0.4) is 0 Å². The number of benzene rings is 1. The van der Waals surface area contributed by atoms with Gasteiger partial charge in [-0.3, -0.25) is 9.78 Å². The van der Waals surface area contributed by atoms with Gasteiger partial charge in [-0.1, -0.05) is 22.0 Å². The van der Waals surface area contributed by atoms with Crippen molar-refractivity contribution in [3.05, 3.63) is 64.1 Å². The van der Waals surface area contributed by atoms with E-state index >= 15 is 0 Å². The van der Waals surface area contributed by atoms with E-state index in [9.17, 15) is 18.0 Å². The number of carbonyl (C=O) groups excluding carboxylic acids is 1. The molecule has 1 N–H and O–H groups in total. The number of anilines is 1. The highest BCUT2D eigenvalue weighted by atomic mass is 79.9. The molecule has 3 aromatic heterocycles. The van der Waals surface area contributed by atoms with Gasteiger partial charge in [-0.2, -0.15) is 18.3 Å². The molecule has 0 aliphatic rings. The van der Waals surface area contributed by atoms with Crippen molar-refractivity contribution in [3.63, 3.8) is 0 Å². The molecule has 3 heterocycles. The Morgan fingerprint density at radius 1 is 1.21 bits per heavy atom. The lowest BCUT2D eigenvalue weighted by Crippen LogP contribution is -2.16. The normalized spacial score (nSPS) is 11.9. The minimum atomic E-state index is -4.63. The van der Waals surface area contributed by atoms with Crippen LogP contribution in [0.2, 0.25) is 0 Å². The van der Waals surface area contributed by atoms with Crippen molar-refractivity contribution in [2.24, 2.45) is 0 Å². The highest BCUT2D eigenvalue weighted by Crippen LogP contribution is 2.31. The van der Waals surface area contributed by atoms with Crippen LogP contribution in [0.4, 0.5) is 18.9 Å². The number of carbonyl (C=O) groups is 1. The summed E-state index contributed by atoms with van der Waals surface area (Å²) in [6.07, 6.45) is -3.05. The smallest absolute Gasteiger partial charge is 0.319 e. The van der Waals surface area contributed by atoms with Gasteiger partial charge >= 0.3 is 6.18 Å². The van der Waals surface area contributed by atoms with Gasteiger partial charge in [0.15, 0.2) is 11.3 Å². The lowest BCUT2D eigenvalue weighted by Gasteiger charge is -2.09. The molecule has 0 spiro atoms. The number of alkyl halides is 3. The summed E-state index contributed by atoms with van der Waals surface area (Å²) in [7, 11) is 0. The summed E-state index contributed by atoms with van der Waals surface area (Å²) in [5.74, 6) is -0.662. The zero-order valence-corrected chi connectivity index (χ0v) is 15.8. The van der Waals surface area contributed by atoms with E-state index in [1.165, 1.54) is 13.0 Å². The summed E-state index contributed by atoms with van der Waals surface area (Å²) in [6, 6.07) is 9.08. The number of halogens is 4. The first-order chi connectivity index (χ1) is 13.2. The number of aryl methyl sites for hydroxylation is 1. The molecule has 6 nitrogen and oxygen atoms in total. The molecule has 142 valence electrons. The highest BCUT2D eigenvalue weighted by molar-refractivity contribution is 9.10. The molecule has 0 unspecified atom stereocenters. The monoisotopic (exact) mass is 449 g/mol. The Kier molecular flexibility index (Phi) is 4.30. The molecular weight excluding hydrogens is 439 g/mol. The van der Waals surface area contributed by atoms with Gasteiger partial charge in [-0.05, 0) is 31.2 Å². The van der Waals surface area contributed by atoms with Crippen molar-refractivity contribution in [1.82, 2.24) is 19.6 Å². The maximum Gasteiger partial charge on any atom is 0.433 e. The fourth-order valence-electron chi connectivity index (χ4n) is 2.84. The van der Waals surface area contributed by atoms with Gasteiger partial charge in [-0.25, -0.2) is 9.50 Å². The Morgan fingerprint density at radius 3 is 2.75 bits per heavy atom. The Morgan fingerprint density at radius 2 is 2.00 bits per heavy atom. The number of nitrogens with one attached hydrogen (secondary N) is 1. The molecular formula is C18H11BrF3N5O. The Labute approximate surface area is 164 Å². The van der Waals surface area contributed by atoms with E-state index in [1.54, 1.807) is 24.4 Å². The van der Waals surface area contributed by atoms with Crippen LogP contribution in [-0.4, -0.2) is 25.5 Å². The van der Waals surface area contributed by atoms with Crippen LogP contribution in [0, 0.1) is 6.92 Å². The maximum absolute atomic E-state index is 13.3. The summed E-state index contributed by atoms with van der Waals surface area (Å²) in [6.45, 7) is 1.45. The van der Waals surface area contributed by atoms with Crippen molar-refractivity contribution in [1.29, 1.82) is 0 Å². The lowest BCUT2D eigenvalue weighted by atomic mass is 10.2. The van der Waals surface area contributed by atoms with Gasteiger partial charge in [0.25, 0.3) is 5.91 Å². The number of fused-ring (bicyclic) bond motifs is 2. The first-order valence-corrected chi connectivity index (χ1v) is 8.82. The number of pyridine rings is 1. The van der Waals surface area contributed by atoms with E-state index in [0.29, 0.717) is 15.7 Å². The summed E-state index contributed by atoms with van der Waals surface area (Å²) < 4.78 is 41.2. The molecule has 0 radical (unpaired) electrons. The average Bonchev–Trinajstić information content (AvgIpc) is 3.06. The summed E-state index contributed by atoms with van der Waals surface area (Å²) in [4.78, 5) is 20.9. The number of rotatable bonds is 2. The van der Waals surface area contributed by atoms with E-state index in [4.69, 9.17) is 0 Å². The summed E-state index contributed by atoms with van der Waals surface area (Å²) >= 11 is 3.42. The van der Waals surface area contributed by atoms with E-state index in [-0.39, 0.29) is 17.0 Å². The summed E-state index contributed by atoms with van der Waals surface area (Å²) in [5.41, 5.74) is -0.105. The second-order valence-electron chi connectivity index (χ2n) is 6.03. The minimum Gasteiger partial charge on any atom is -0.319 e. The first kappa shape index (κ1) is 18.4. The van der Waals surface area contributed by atoms with Crippen molar-refractivity contribution >= 4 is 44.1 Å². The number of aromatic nitrogens is 4. The van der Waals surface area contributed by atoms with Crippen LogP contribution in [0.1, 0.15) is 21.9 Å². The average molecular weight is 450 g/mol. The molecule has 0 saturated carbocycles. The van der Waals surface area contributed by atoms with E-state index < -0.39 is 17.8 Å². The van der Waals surface area contributed by atoms with Crippen LogP contribution in [0.5, 0.6) is 0 Å². The first-order valence-electron chi connectivity index (χ1n) is 8.03. The van der Waals surface area contributed by atoms with Gasteiger partial charge in [0.1, 0.15) is 5.69 Å². The Hall–Kier alpha value is -3.01. The molecule has 4 aromatic rings. The molecule has 0 aliphatic heterocycles. The number of hydrogen-bond donors (Lipinski definition) is 1. The molecule has 28 heavy (non-hydrogen) atoms. The van der Waals surface area contributed by atoms with E-state index in [1.807, 2.05) is 6.07 Å². The maximum atomic E-state index is 13.3. The van der Waals surface area contributed by atoms with Crippen molar-refractivity contribution in [3.8, 4) is 0 Å². The zero-order valence-electron chi connectivity index (χ0n) is 14.3. The third-order valence-corrected chi connectivity index (χ3v) is 4.73. The number of hydrogen-bond acceptors (Lipinski definition) is 4.